The summed E-state index contributed by atoms with van der Waals surface area (Å²) in [6, 6.07) is 18.6. The molecule has 0 aliphatic carbocycles. The minimum atomic E-state index is 0.585. The van der Waals surface area contributed by atoms with Gasteiger partial charge in [0.15, 0.2) is 0 Å². The van der Waals surface area contributed by atoms with Gasteiger partial charge in [-0.15, -0.1) is 0 Å². The zero-order valence-electron chi connectivity index (χ0n) is 11.8. The molecule has 0 amide bonds. The number of hydrogen-bond donors (Lipinski definition) is 1. The van der Waals surface area contributed by atoms with Crippen LogP contribution in [0.3, 0.4) is 0 Å². The Morgan fingerprint density at radius 2 is 1.45 bits per heavy atom. The Balaban J connectivity index is 1.73. The lowest BCUT2D eigenvalue weighted by Gasteiger charge is -2.08. The standard InChI is InChI=1S/C17H21NO2/c1-19-11-12-20-17-9-7-16(8-10-17)14-18-13-15-5-3-2-4-6-15/h2-10,18H,11-14H2,1H3. The van der Waals surface area contributed by atoms with Crippen LogP contribution in [-0.2, 0) is 17.8 Å². The van der Waals surface area contributed by atoms with Crippen LogP contribution in [0.4, 0.5) is 0 Å². The van der Waals surface area contributed by atoms with Crippen molar-refractivity contribution in [2.75, 3.05) is 20.3 Å². The van der Waals surface area contributed by atoms with Crippen LogP contribution in [0.5, 0.6) is 5.75 Å². The second-order valence-corrected chi connectivity index (χ2v) is 4.57. The van der Waals surface area contributed by atoms with E-state index in [9.17, 15) is 0 Å². The van der Waals surface area contributed by atoms with Gasteiger partial charge >= 0.3 is 0 Å². The predicted octanol–water partition coefficient (Wildman–Crippen LogP) is 3.00. The van der Waals surface area contributed by atoms with Crippen molar-refractivity contribution in [2.24, 2.45) is 0 Å². The number of benzene rings is 2. The Labute approximate surface area is 120 Å². The van der Waals surface area contributed by atoms with Crippen molar-refractivity contribution in [3.8, 4) is 5.75 Å². The van der Waals surface area contributed by atoms with E-state index in [4.69, 9.17) is 9.47 Å². The number of hydrogen-bond acceptors (Lipinski definition) is 3. The molecule has 0 bridgehead atoms. The minimum absolute atomic E-state index is 0.585. The molecule has 0 aromatic heterocycles. The van der Waals surface area contributed by atoms with E-state index in [0.29, 0.717) is 13.2 Å². The molecule has 0 fully saturated rings. The first-order valence-electron chi connectivity index (χ1n) is 6.84. The fourth-order valence-electron chi connectivity index (χ4n) is 1.89. The molecule has 2 aromatic rings. The van der Waals surface area contributed by atoms with Gasteiger partial charge in [0.2, 0.25) is 0 Å². The van der Waals surface area contributed by atoms with Gasteiger partial charge in [0, 0.05) is 20.2 Å². The topological polar surface area (TPSA) is 30.5 Å². The Bertz CT molecular complexity index is 482. The van der Waals surface area contributed by atoms with Gasteiger partial charge in [-0.1, -0.05) is 42.5 Å². The molecule has 3 heteroatoms. The fourth-order valence-corrected chi connectivity index (χ4v) is 1.89. The van der Waals surface area contributed by atoms with Crippen molar-refractivity contribution >= 4 is 0 Å². The van der Waals surface area contributed by atoms with Crippen molar-refractivity contribution in [2.45, 2.75) is 13.1 Å². The van der Waals surface area contributed by atoms with Gasteiger partial charge in [-0.2, -0.15) is 0 Å². The van der Waals surface area contributed by atoms with Crippen molar-refractivity contribution in [1.29, 1.82) is 0 Å². The summed E-state index contributed by atoms with van der Waals surface area (Å²) in [7, 11) is 1.67. The maximum atomic E-state index is 5.53. The lowest BCUT2D eigenvalue weighted by molar-refractivity contribution is 0.146. The molecule has 2 rings (SSSR count). The molecule has 2 aromatic carbocycles. The number of ether oxygens (including phenoxy) is 2. The average molecular weight is 271 g/mol. The summed E-state index contributed by atoms with van der Waals surface area (Å²) in [6.45, 7) is 2.93. The molecular formula is C17H21NO2. The second kappa shape index (κ2) is 8.35. The first-order valence-corrected chi connectivity index (χ1v) is 6.84. The van der Waals surface area contributed by atoms with Gasteiger partial charge in [-0.05, 0) is 23.3 Å². The predicted molar refractivity (Wildman–Crippen MR) is 80.8 cm³/mol. The first-order chi connectivity index (χ1) is 9.88. The molecule has 1 N–H and O–H groups in total. The highest BCUT2D eigenvalue weighted by atomic mass is 16.5. The monoisotopic (exact) mass is 271 g/mol. The molecule has 0 spiro atoms. The normalized spacial score (nSPS) is 10.4. The molecule has 20 heavy (non-hydrogen) atoms. The minimum Gasteiger partial charge on any atom is -0.491 e. The molecule has 0 heterocycles. The Morgan fingerprint density at radius 3 is 2.10 bits per heavy atom. The van der Waals surface area contributed by atoms with E-state index >= 15 is 0 Å². The summed E-state index contributed by atoms with van der Waals surface area (Å²) in [6.07, 6.45) is 0. The van der Waals surface area contributed by atoms with E-state index in [-0.39, 0.29) is 0 Å². The maximum Gasteiger partial charge on any atom is 0.119 e. The quantitative estimate of drug-likeness (QED) is 0.749. The smallest absolute Gasteiger partial charge is 0.119 e. The van der Waals surface area contributed by atoms with Crippen LogP contribution in [0, 0.1) is 0 Å². The molecule has 0 radical (unpaired) electrons. The van der Waals surface area contributed by atoms with Gasteiger partial charge in [-0.25, -0.2) is 0 Å². The van der Waals surface area contributed by atoms with Crippen LogP contribution in [0.2, 0.25) is 0 Å². The number of rotatable bonds is 8. The van der Waals surface area contributed by atoms with Gasteiger partial charge in [0.05, 0.1) is 6.61 Å². The lowest BCUT2D eigenvalue weighted by Crippen LogP contribution is -2.12. The van der Waals surface area contributed by atoms with Crippen LogP contribution in [0.25, 0.3) is 0 Å². The summed E-state index contributed by atoms with van der Waals surface area (Å²) in [5.41, 5.74) is 2.55. The van der Waals surface area contributed by atoms with Crippen LogP contribution in [0.1, 0.15) is 11.1 Å². The highest BCUT2D eigenvalue weighted by molar-refractivity contribution is 5.27. The summed E-state index contributed by atoms with van der Waals surface area (Å²) >= 11 is 0. The van der Waals surface area contributed by atoms with Gasteiger partial charge < -0.3 is 14.8 Å². The van der Waals surface area contributed by atoms with E-state index in [2.05, 4.69) is 41.7 Å². The molecular weight excluding hydrogens is 250 g/mol. The van der Waals surface area contributed by atoms with Crippen molar-refractivity contribution in [3.05, 3.63) is 65.7 Å². The van der Waals surface area contributed by atoms with Crippen molar-refractivity contribution in [3.63, 3.8) is 0 Å². The largest absolute Gasteiger partial charge is 0.491 e. The van der Waals surface area contributed by atoms with E-state index in [1.165, 1.54) is 11.1 Å². The SMILES string of the molecule is COCCOc1ccc(CNCc2ccccc2)cc1. The Hall–Kier alpha value is -1.84. The molecule has 0 saturated heterocycles. The third-order valence-electron chi connectivity index (χ3n) is 2.98. The molecule has 3 nitrogen and oxygen atoms in total. The highest BCUT2D eigenvalue weighted by Crippen LogP contribution is 2.12. The van der Waals surface area contributed by atoms with E-state index in [0.717, 1.165) is 18.8 Å². The molecule has 0 saturated carbocycles. The van der Waals surface area contributed by atoms with Crippen LogP contribution < -0.4 is 10.1 Å². The summed E-state index contributed by atoms with van der Waals surface area (Å²) in [5, 5.41) is 3.43. The maximum absolute atomic E-state index is 5.53. The summed E-state index contributed by atoms with van der Waals surface area (Å²) in [4.78, 5) is 0. The van der Waals surface area contributed by atoms with E-state index < -0.39 is 0 Å². The zero-order valence-corrected chi connectivity index (χ0v) is 11.8. The molecule has 0 aliphatic rings. The van der Waals surface area contributed by atoms with Crippen molar-refractivity contribution in [1.82, 2.24) is 5.32 Å². The van der Waals surface area contributed by atoms with Crippen LogP contribution in [-0.4, -0.2) is 20.3 Å². The molecule has 0 aliphatic heterocycles. The molecule has 0 unspecified atom stereocenters. The van der Waals surface area contributed by atoms with Crippen molar-refractivity contribution < 1.29 is 9.47 Å². The van der Waals surface area contributed by atoms with Crippen LogP contribution >= 0.6 is 0 Å². The molecule has 0 atom stereocenters. The average Bonchev–Trinajstić information content (AvgIpc) is 2.50. The van der Waals surface area contributed by atoms with Gasteiger partial charge in [0.1, 0.15) is 12.4 Å². The number of methoxy groups -OCH3 is 1. The summed E-state index contributed by atoms with van der Waals surface area (Å²) in [5.74, 6) is 0.883. The highest BCUT2D eigenvalue weighted by Gasteiger charge is 1.96. The Morgan fingerprint density at radius 1 is 0.800 bits per heavy atom. The molecule has 106 valence electrons. The van der Waals surface area contributed by atoms with Crippen LogP contribution in [0.15, 0.2) is 54.6 Å². The first kappa shape index (κ1) is 14.6. The third kappa shape index (κ3) is 5.03. The van der Waals surface area contributed by atoms with Gasteiger partial charge in [-0.3, -0.25) is 0 Å². The van der Waals surface area contributed by atoms with E-state index in [1.807, 2.05) is 18.2 Å². The zero-order chi connectivity index (χ0) is 14.0. The van der Waals surface area contributed by atoms with Gasteiger partial charge in [0.25, 0.3) is 0 Å². The number of nitrogens with one attached hydrogen (secondary N) is 1. The fraction of sp³-hybridized carbons (Fsp3) is 0.294. The second-order valence-electron chi connectivity index (χ2n) is 4.57. The van der Waals surface area contributed by atoms with E-state index in [1.54, 1.807) is 7.11 Å². The third-order valence-corrected chi connectivity index (χ3v) is 2.98. The Kier molecular flexibility index (Phi) is 6.08. The summed E-state index contributed by atoms with van der Waals surface area (Å²) < 4.78 is 10.5. The lowest BCUT2D eigenvalue weighted by atomic mass is 10.2.